The van der Waals surface area contributed by atoms with Gasteiger partial charge >= 0.3 is 5.97 Å². The lowest BCUT2D eigenvalue weighted by Gasteiger charge is -2.15. The number of ether oxygens (including phenoxy) is 1. The number of esters is 1. The van der Waals surface area contributed by atoms with Crippen molar-refractivity contribution in [3.8, 4) is 11.8 Å². The molecule has 0 fully saturated rings. The Morgan fingerprint density at radius 1 is 1.16 bits per heavy atom. The molecule has 0 bridgehead atoms. The predicted molar refractivity (Wildman–Crippen MR) is 126 cm³/mol. The van der Waals surface area contributed by atoms with Crippen LogP contribution in [0, 0.1) is 39.0 Å². The molecule has 1 N–H and O–H groups in total. The average Bonchev–Trinajstić information content (AvgIpc) is 3.31. The lowest BCUT2D eigenvalue weighted by molar-refractivity contribution is 0.0600. The van der Waals surface area contributed by atoms with Gasteiger partial charge in [0.15, 0.2) is 0 Å². The van der Waals surface area contributed by atoms with Crippen LogP contribution in [0.25, 0.3) is 28.4 Å². The van der Waals surface area contributed by atoms with E-state index in [1.54, 1.807) is 6.07 Å². The number of imidazole rings is 1. The normalized spacial score (nSPS) is 11.6. The monoisotopic (exact) mass is 424 g/mol. The standard InChI is InChI=1S/C26H24N4O2/c1-15-9-10-22-23(11-15)29-25(28-22)20(14-27)13-19-12-16(2)30(18(19)4)24-8-6-7-21(17(24)3)26(31)32-5/h6-13H,1-5H3,(H,28,29)/b20-13-. The smallest absolute Gasteiger partial charge is 0.338 e. The Hall–Kier alpha value is -4.11. The predicted octanol–water partition coefficient (Wildman–Crippen LogP) is 5.44. The van der Waals surface area contributed by atoms with Crippen molar-refractivity contribution in [1.82, 2.24) is 14.5 Å². The number of allylic oxidation sites excluding steroid dienone is 1. The van der Waals surface area contributed by atoms with Gasteiger partial charge in [-0.3, -0.25) is 0 Å². The number of aryl methyl sites for hydroxylation is 2. The minimum absolute atomic E-state index is 0.362. The zero-order chi connectivity index (χ0) is 23.0. The van der Waals surface area contributed by atoms with Gasteiger partial charge in [0, 0.05) is 17.1 Å². The molecule has 0 atom stereocenters. The summed E-state index contributed by atoms with van der Waals surface area (Å²) in [6.07, 6.45) is 1.85. The quantitative estimate of drug-likeness (QED) is 0.349. The first kappa shape index (κ1) is 21.1. The highest BCUT2D eigenvalue weighted by molar-refractivity contribution is 5.92. The van der Waals surface area contributed by atoms with Crippen LogP contribution < -0.4 is 0 Å². The largest absolute Gasteiger partial charge is 0.465 e. The van der Waals surface area contributed by atoms with Gasteiger partial charge in [0.1, 0.15) is 11.9 Å². The van der Waals surface area contributed by atoms with Crippen LogP contribution >= 0.6 is 0 Å². The molecular weight excluding hydrogens is 400 g/mol. The third-order valence-electron chi connectivity index (χ3n) is 5.73. The maximum Gasteiger partial charge on any atom is 0.338 e. The Kier molecular flexibility index (Phi) is 5.41. The summed E-state index contributed by atoms with van der Waals surface area (Å²) < 4.78 is 7.01. The lowest BCUT2D eigenvalue weighted by atomic mass is 10.1. The highest BCUT2D eigenvalue weighted by atomic mass is 16.5. The molecule has 2 aromatic carbocycles. The summed E-state index contributed by atoms with van der Waals surface area (Å²) in [5.74, 6) is 0.181. The molecule has 4 rings (SSSR count). The van der Waals surface area contributed by atoms with E-state index in [0.717, 1.165) is 44.8 Å². The maximum absolute atomic E-state index is 12.1. The molecule has 0 spiro atoms. The first-order valence-corrected chi connectivity index (χ1v) is 10.3. The van der Waals surface area contributed by atoms with Crippen molar-refractivity contribution >= 4 is 28.7 Å². The molecule has 32 heavy (non-hydrogen) atoms. The molecule has 0 saturated heterocycles. The molecule has 0 unspecified atom stereocenters. The highest BCUT2D eigenvalue weighted by Crippen LogP contribution is 2.28. The van der Waals surface area contributed by atoms with Crippen molar-refractivity contribution in [2.45, 2.75) is 27.7 Å². The molecule has 6 nitrogen and oxygen atoms in total. The zero-order valence-corrected chi connectivity index (χ0v) is 18.8. The number of rotatable bonds is 4. The van der Waals surface area contributed by atoms with Gasteiger partial charge in [-0.05, 0) is 80.8 Å². The molecule has 2 heterocycles. The van der Waals surface area contributed by atoms with Gasteiger partial charge in [-0.25, -0.2) is 9.78 Å². The SMILES string of the molecule is COC(=O)c1cccc(-n2c(C)cc(/C=C(/C#N)c3nc4ccc(C)cc4[nH]3)c2C)c1C. The van der Waals surface area contributed by atoms with Crippen molar-refractivity contribution < 1.29 is 9.53 Å². The summed E-state index contributed by atoms with van der Waals surface area (Å²) >= 11 is 0. The number of aromatic amines is 1. The molecule has 0 radical (unpaired) electrons. The minimum atomic E-state index is -0.362. The van der Waals surface area contributed by atoms with Gasteiger partial charge < -0.3 is 14.3 Å². The number of aromatic nitrogens is 3. The molecule has 4 aromatic rings. The van der Waals surface area contributed by atoms with E-state index in [4.69, 9.17) is 4.74 Å². The van der Waals surface area contributed by atoms with Gasteiger partial charge in [0.05, 0.1) is 29.3 Å². The number of carbonyl (C=O) groups excluding carboxylic acids is 1. The van der Waals surface area contributed by atoms with Gasteiger partial charge in [-0.1, -0.05) is 12.1 Å². The summed E-state index contributed by atoms with van der Waals surface area (Å²) in [4.78, 5) is 20.0. The number of fused-ring (bicyclic) bond motifs is 1. The van der Waals surface area contributed by atoms with Crippen molar-refractivity contribution in [1.29, 1.82) is 5.26 Å². The van der Waals surface area contributed by atoms with Crippen LogP contribution in [0.5, 0.6) is 0 Å². The van der Waals surface area contributed by atoms with Gasteiger partial charge in [0.2, 0.25) is 0 Å². The average molecular weight is 425 g/mol. The number of nitrogens with zero attached hydrogens (tertiary/aromatic N) is 3. The summed E-state index contributed by atoms with van der Waals surface area (Å²) in [5.41, 5.74) is 8.47. The van der Waals surface area contributed by atoms with E-state index in [1.807, 2.05) is 70.2 Å². The van der Waals surface area contributed by atoms with Gasteiger partial charge in [-0.2, -0.15) is 5.26 Å². The number of hydrogen-bond acceptors (Lipinski definition) is 4. The number of nitrogens with one attached hydrogen (secondary N) is 1. The zero-order valence-electron chi connectivity index (χ0n) is 18.8. The van der Waals surface area contributed by atoms with Crippen molar-refractivity contribution in [3.63, 3.8) is 0 Å². The molecule has 0 amide bonds. The van der Waals surface area contributed by atoms with Crippen LogP contribution in [0.3, 0.4) is 0 Å². The fraction of sp³-hybridized carbons (Fsp3) is 0.192. The minimum Gasteiger partial charge on any atom is -0.465 e. The third kappa shape index (κ3) is 3.58. The van der Waals surface area contributed by atoms with E-state index < -0.39 is 0 Å². The van der Waals surface area contributed by atoms with Crippen LogP contribution in [-0.4, -0.2) is 27.6 Å². The van der Waals surface area contributed by atoms with Crippen molar-refractivity contribution in [2.75, 3.05) is 7.11 Å². The summed E-state index contributed by atoms with van der Waals surface area (Å²) in [7, 11) is 1.38. The van der Waals surface area contributed by atoms with E-state index in [0.29, 0.717) is 17.0 Å². The van der Waals surface area contributed by atoms with Crippen molar-refractivity contribution in [3.05, 3.63) is 81.9 Å². The Morgan fingerprint density at radius 2 is 1.94 bits per heavy atom. The Balaban J connectivity index is 1.81. The number of nitriles is 1. The number of H-pyrrole nitrogens is 1. The molecule has 6 heteroatoms. The second-order valence-electron chi connectivity index (χ2n) is 7.88. The number of benzene rings is 2. The second kappa shape index (κ2) is 8.20. The van der Waals surface area contributed by atoms with E-state index in [2.05, 4.69) is 20.6 Å². The van der Waals surface area contributed by atoms with E-state index in [-0.39, 0.29) is 5.97 Å². The first-order chi connectivity index (χ1) is 15.3. The second-order valence-corrected chi connectivity index (χ2v) is 7.88. The highest BCUT2D eigenvalue weighted by Gasteiger charge is 2.17. The summed E-state index contributed by atoms with van der Waals surface area (Å²) in [6, 6.07) is 15.9. The first-order valence-electron chi connectivity index (χ1n) is 10.3. The number of hydrogen-bond donors (Lipinski definition) is 1. The van der Waals surface area contributed by atoms with E-state index in [1.165, 1.54) is 7.11 Å². The molecule has 0 saturated carbocycles. The van der Waals surface area contributed by atoms with Crippen LogP contribution in [0.4, 0.5) is 0 Å². The van der Waals surface area contributed by atoms with Crippen molar-refractivity contribution in [2.24, 2.45) is 0 Å². The maximum atomic E-state index is 12.1. The number of carbonyl (C=O) groups is 1. The number of methoxy groups -OCH3 is 1. The van der Waals surface area contributed by atoms with Crippen LogP contribution in [-0.2, 0) is 4.74 Å². The van der Waals surface area contributed by atoms with Gasteiger partial charge in [-0.15, -0.1) is 0 Å². The Bertz CT molecular complexity index is 1430. The summed E-state index contributed by atoms with van der Waals surface area (Å²) in [6.45, 7) is 7.94. The fourth-order valence-electron chi connectivity index (χ4n) is 4.06. The fourth-order valence-corrected chi connectivity index (χ4v) is 4.06. The van der Waals surface area contributed by atoms with E-state index >= 15 is 0 Å². The van der Waals surface area contributed by atoms with Crippen LogP contribution in [0.1, 0.15) is 44.3 Å². The third-order valence-corrected chi connectivity index (χ3v) is 5.73. The van der Waals surface area contributed by atoms with E-state index in [9.17, 15) is 10.1 Å². The van der Waals surface area contributed by atoms with Gasteiger partial charge in [0.25, 0.3) is 0 Å². The molecule has 160 valence electrons. The lowest BCUT2D eigenvalue weighted by Crippen LogP contribution is -2.08. The molecule has 0 aliphatic heterocycles. The Morgan fingerprint density at radius 3 is 2.66 bits per heavy atom. The van der Waals surface area contributed by atoms with Crippen LogP contribution in [0.15, 0.2) is 42.5 Å². The molecule has 0 aliphatic carbocycles. The summed E-state index contributed by atoms with van der Waals surface area (Å²) in [5, 5.41) is 9.84. The molecule has 0 aliphatic rings. The molecule has 2 aromatic heterocycles. The molecular formula is C26H24N4O2. The topological polar surface area (TPSA) is 83.7 Å². The van der Waals surface area contributed by atoms with Crippen LogP contribution in [0.2, 0.25) is 0 Å². The Labute approximate surface area is 186 Å².